The van der Waals surface area contributed by atoms with Crippen LogP contribution in [0.2, 0.25) is 0 Å². The molecule has 0 bridgehead atoms. The van der Waals surface area contributed by atoms with E-state index >= 15 is 0 Å². The van der Waals surface area contributed by atoms with Gasteiger partial charge in [-0.1, -0.05) is 364 Å². The number of allylic oxidation sites excluding steroid dienone is 4. The van der Waals surface area contributed by atoms with Gasteiger partial charge in [0.05, 0.1) is 22.8 Å². The van der Waals surface area contributed by atoms with Crippen LogP contribution in [0.1, 0.15) is 386 Å². The van der Waals surface area contributed by atoms with Gasteiger partial charge < -0.3 is 0 Å². The molecule has 0 N–H and O–H groups in total. The average Bonchev–Trinajstić information content (AvgIpc) is 3.48. The molecular weight excluding hydrogens is 1020 g/mol. The van der Waals surface area contributed by atoms with Gasteiger partial charge in [-0.3, -0.25) is 9.98 Å². The summed E-state index contributed by atoms with van der Waals surface area (Å²) in [6, 6.07) is 17.7. The molecule has 0 atom stereocenters. The standard InChI is InChI=1S/C78H136N2.Ni/c1-5-8-11-13-15-17-19-21-23-25-27-29-31-33-35-37-39-41-43-45-47-49-51-53-55-57-60-66-74-68-62-64-71-77(74)79-73(4)76(70-59-10-7-3)80-78-72-65-63-69-75(78)67-61-58-56-54-52-50-48-46-44-42-40-38-36-34-32-30-28-26-24-22-20-18-16-14-12-9-6-2;/h53-56,62-65,68-69,71-72H,5-52,57-61,66-67,70H2,1-4H3;/b55-53+,56-54+,79-73?,80-76?;. The van der Waals surface area contributed by atoms with E-state index in [-0.39, 0.29) is 16.5 Å². The first-order chi connectivity index (χ1) is 39.7. The van der Waals surface area contributed by atoms with Crippen LogP contribution in [0, 0.1) is 0 Å². The fraction of sp³-hybridized carbons (Fsp3) is 0.769. The molecule has 0 aliphatic rings. The molecule has 0 saturated carbocycles. The molecule has 0 amide bonds. The molecule has 2 aromatic rings. The van der Waals surface area contributed by atoms with Crippen molar-refractivity contribution in [3.8, 4) is 0 Å². The Morgan fingerprint density at radius 1 is 0.284 bits per heavy atom. The predicted molar refractivity (Wildman–Crippen MR) is 365 cm³/mol. The minimum Gasteiger partial charge on any atom is -0.252 e. The quantitative estimate of drug-likeness (QED) is 0.0273. The van der Waals surface area contributed by atoms with Gasteiger partial charge in [0, 0.05) is 16.5 Å². The Morgan fingerprint density at radius 3 is 0.815 bits per heavy atom. The smallest absolute Gasteiger partial charge is 0.0665 e. The van der Waals surface area contributed by atoms with Gasteiger partial charge in [0.15, 0.2) is 0 Å². The molecule has 0 fully saturated rings. The van der Waals surface area contributed by atoms with Crippen molar-refractivity contribution < 1.29 is 16.5 Å². The minimum absolute atomic E-state index is 0. The second kappa shape index (κ2) is 62.3. The predicted octanol–water partition coefficient (Wildman–Crippen LogP) is 27.9. The molecule has 3 heteroatoms. The molecule has 0 aliphatic carbocycles. The first-order valence-electron chi connectivity index (χ1n) is 36.3. The van der Waals surface area contributed by atoms with E-state index in [1.807, 2.05) is 0 Å². The summed E-state index contributed by atoms with van der Waals surface area (Å²) in [5.41, 5.74) is 7.20. The van der Waals surface area contributed by atoms with Gasteiger partial charge in [0.2, 0.25) is 0 Å². The monoisotopic (exact) mass is 1160 g/mol. The van der Waals surface area contributed by atoms with Crippen LogP contribution in [-0.4, -0.2) is 11.4 Å². The minimum atomic E-state index is 0. The molecule has 81 heavy (non-hydrogen) atoms. The summed E-state index contributed by atoms with van der Waals surface area (Å²) >= 11 is 0. The van der Waals surface area contributed by atoms with E-state index in [4.69, 9.17) is 9.98 Å². The van der Waals surface area contributed by atoms with Gasteiger partial charge in [-0.2, -0.15) is 0 Å². The fourth-order valence-corrected chi connectivity index (χ4v) is 11.9. The Morgan fingerprint density at radius 2 is 0.519 bits per heavy atom. The average molecular weight is 1160 g/mol. The maximum absolute atomic E-state index is 5.40. The summed E-state index contributed by atoms with van der Waals surface area (Å²) in [7, 11) is 0. The van der Waals surface area contributed by atoms with E-state index in [2.05, 4.69) is 101 Å². The van der Waals surface area contributed by atoms with Crippen LogP contribution in [0.3, 0.4) is 0 Å². The molecule has 2 rings (SSSR count). The van der Waals surface area contributed by atoms with Gasteiger partial charge in [-0.15, -0.1) is 0 Å². The Bertz CT molecular complexity index is 1720. The van der Waals surface area contributed by atoms with E-state index in [0.29, 0.717) is 0 Å². The number of aliphatic imine (C=N–C) groups is 2. The van der Waals surface area contributed by atoms with E-state index in [9.17, 15) is 0 Å². The Kier molecular flexibility index (Phi) is 59.0. The summed E-state index contributed by atoms with van der Waals surface area (Å²) in [4.78, 5) is 10.7. The second-order valence-electron chi connectivity index (χ2n) is 25.1. The first-order valence-corrected chi connectivity index (χ1v) is 36.3. The molecule has 0 heterocycles. The van der Waals surface area contributed by atoms with Gasteiger partial charge >= 0.3 is 0 Å². The molecule has 0 radical (unpaired) electrons. The number of rotatable bonds is 61. The summed E-state index contributed by atoms with van der Waals surface area (Å²) in [5, 5.41) is 0. The molecule has 0 saturated heterocycles. The summed E-state index contributed by atoms with van der Waals surface area (Å²) in [5.74, 6) is 0. The fourth-order valence-electron chi connectivity index (χ4n) is 11.9. The molecule has 0 aromatic heterocycles. The van der Waals surface area contributed by atoms with Crippen LogP contribution >= 0.6 is 0 Å². The van der Waals surface area contributed by atoms with Crippen LogP contribution in [0.4, 0.5) is 11.4 Å². The third-order valence-corrected chi connectivity index (χ3v) is 17.4. The van der Waals surface area contributed by atoms with Crippen LogP contribution in [0.15, 0.2) is 82.8 Å². The Balaban J connectivity index is 0.0000328. The van der Waals surface area contributed by atoms with E-state index in [1.165, 1.54) is 332 Å². The van der Waals surface area contributed by atoms with E-state index in [1.54, 1.807) is 0 Å². The molecule has 468 valence electrons. The Hall–Kier alpha value is -2.25. The first kappa shape index (κ1) is 76.8. The summed E-state index contributed by atoms with van der Waals surface area (Å²) in [6.07, 6.45) is 87.3. The zero-order valence-electron chi connectivity index (χ0n) is 54.7. The third kappa shape index (κ3) is 49.7. The number of hydrogen-bond acceptors (Lipinski definition) is 2. The largest absolute Gasteiger partial charge is 0.252 e. The van der Waals surface area contributed by atoms with Crippen molar-refractivity contribution in [3.63, 3.8) is 0 Å². The number of nitrogens with zero attached hydrogens (tertiary/aromatic N) is 2. The van der Waals surface area contributed by atoms with Crippen molar-refractivity contribution in [2.75, 3.05) is 0 Å². The topological polar surface area (TPSA) is 24.7 Å². The van der Waals surface area contributed by atoms with Crippen molar-refractivity contribution >= 4 is 22.8 Å². The van der Waals surface area contributed by atoms with Gasteiger partial charge in [-0.25, -0.2) is 0 Å². The third-order valence-electron chi connectivity index (χ3n) is 17.4. The van der Waals surface area contributed by atoms with Crippen LogP contribution < -0.4 is 0 Å². The second-order valence-corrected chi connectivity index (χ2v) is 25.1. The summed E-state index contributed by atoms with van der Waals surface area (Å²) < 4.78 is 0. The number of para-hydroxylation sites is 2. The molecule has 0 spiro atoms. The van der Waals surface area contributed by atoms with Gasteiger partial charge in [-0.05, 0) is 107 Å². The van der Waals surface area contributed by atoms with Crippen molar-refractivity contribution in [1.29, 1.82) is 0 Å². The maximum Gasteiger partial charge on any atom is 0.0665 e. The molecular formula is C78H136N2Ni. The number of hydrogen-bond donors (Lipinski definition) is 0. The van der Waals surface area contributed by atoms with Crippen LogP contribution in [0.5, 0.6) is 0 Å². The summed E-state index contributed by atoms with van der Waals surface area (Å²) in [6.45, 7) is 9.11. The van der Waals surface area contributed by atoms with Gasteiger partial charge in [0.25, 0.3) is 0 Å². The molecule has 0 unspecified atom stereocenters. The number of unbranched alkanes of at least 4 members (excludes halogenated alkanes) is 48. The SMILES string of the molecule is CCCCCCCCCCCCCCCCCCCCCCCC/C=C/CCCc1ccccc1N=C(C)C(CCCCC)=Nc1ccccc1CCC/C=C/CCCCCCCCCCCCCCCCCCCCCCCC.[Ni]. The zero-order chi connectivity index (χ0) is 57.0. The number of benzene rings is 2. The normalized spacial score (nSPS) is 12.2. The van der Waals surface area contributed by atoms with Gasteiger partial charge in [0.1, 0.15) is 0 Å². The van der Waals surface area contributed by atoms with Crippen molar-refractivity contribution in [3.05, 3.63) is 84.0 Å². The molecule has 0 aliphatic heterocycles. The number of aryl methyl sites for hydroxylation is 2. The molecule has 2 nitrogen and oxygen atoms in total. The van der Waals surface area contributed by atoms with Crippen molar-refractivity contribution in [2.45, 2.75) is 387 Å². The maximum atomic E-state index is 5.40. The van der Waals surface area contributed by atoms with Crippen molar-refractivity contribution in [2.24, 2.45) is 9.98 Å². The van der Waals surface area contributed by atoms with Crippen LogP contribution in [0.25, 0.3) is 0 Å². The van der Waals surface area contributed by atoms with Crippen molar-refractivity contribution in [1.82, 2.24) is 0 Å². The van der Waals surface area contributed by atoms with E-state index < -0.39 is 0 Å². The van der Waals surface area contributed by atoms with Crippen LogP contribution in [-0.2, 0) is 29.3 Å². The zero-order valence-corrected chi connectivity index (χ0v) is 55.7. The Labute approximate surface area is 517 Å². The van der Waals surface area contributed by atoms with E-state index in [0.717, 1.165) is 61.3 Å². The molecule has 2 aromatic carbocycles.